The largest absolute Gasteiger partial charge is 0.494 e. The molecule has 0 bridgehead atoms. The monoisotopic (exact) mass is 274 g/mol. The molecule has 0 saturated carbocycles. The number of hydrogen-bond acceptors (Lipinski definition) is 3. The summed E-state index contributed by atoms with van der Waals surface area (Å²) in [4.78, 5) is 0. The average molecular weight is 274 g/mol. The fraction of sp³-hybridized carbons (Fsp3) is 0.133. The van der Waals surface area contributed by atoms with E-state index in [-0.39, 0.29) is 17.9 Å². The molecule has 0 fully saturated rings. The van der Waals surface area contributed by atoms with Gasteiger partial charge in [0, 0.05) is 6.54 Å². The van der Waals surface area contributed by atoms with Crippen molar-refractivity contribution < 1.29 is 13.5 Å². The van der Waals surface area contributed by atoms with E-state index in [0.29, 0.717) is 11.3 Å². The molecule has 2 aromatic carbocycles. The molecule has 0 aromatic heterocycles. The van der Waals surface area contributed by atoms with Crippen molar-refractivity contribution in [2.24, 2.45) is 0 Å². The highest BCUT2D eigenvalue weighted by Crippen LogP contribution is 2.21. The number of nitrogens with zero attached hydrogens (tertiary/aromatic N) is 1. The van der Waals surface area contributed by atoms with Crippen molar-refractivity contribution >= 4 is 5.69 Å². The van der Waals surface area contributed by atoms with Crippen molar-refractivity contribution in [1.29, 1.82) is 5.26 Å². The topological polar surface area (TPSA) is 45.0 Å². The van der Waals surface area contributed by atoms with E-state index in [1.54, 1.807) is 18.2 Å². The summed E-state index contributed by atoms with van der Waals surface area (Å²) in [7, 11) is 1.39. The fourth-order valence-electron chi connectivity index (χ4n) is 1.80. The van der Waals surface area contributed by atoms with Crippen LogP contribution in [0.4, 0.5) is 14.5 Å². The van der Waals surface area contributed by atoms with Crippen molar-refractivity contribution in [2.75, 3.05) is 12.4 Å². The summed E-state index contributed by atoms with van der Waals surface area (Å²) in [5, 5.41) is 11.8. The molecule has 2 rings (SSSR count). The number of ether oxygens (including phenoxy) is 1. The minimum Gasteiger partial charge on any atom is -0.494 e. The van der Waals surface area contributed by atoms with Crippen LogP contribution in [0.1, 0.15) is 11.1 Å². The van der Waals surface area contributed by atoms with Crippen LogP contribution in [-0.4, -0.2) is 7.11 Å². The van der Waals surface area contributed by atoms with Crippen LogP contribution in [0.3, 0.4) is 0 Å². The van der Waals surface area contributed by atoms with Crippen LogP contribution in [0.5, 0.6) is 5.75 Å². The Balaban J connectivity index is 2.15. The number of nitrogens with one attached hydrogen (secondary N) is 1. The van der Waals surface area contributed by atoms with Gasteiger partial charge in [0.1, 0.15) is 17.4 Å². The maximum Gasteiger partial charge on any atom is 0.165 e. The van der Waals surface area contributed by atoms with E-state index in [1.165, 1.54) is 31.4 Å². The Kier molecular flexibility index (Phi) is 4.16. The van der Waals surface area contributed by atoms with Gasteiger partial charge in [0.15, 0.2) is 11.6 Å². The molecule has 0 aliphatic rings. The lowest BCUT2D eigenvalue weighted by atomic mass is 10.1. The third kappa shape index (κ3) is 2.86. The molecule has 0 amide bonds. The molecule has 102 valence electrons. The number of methoxy groups -OCH3 is 1. The number of anilines is 1. The molecule has 1 N–H and O–H groups in total. The summed E-state index contributed by atoms with van der Waals surface area (Å²) in [5.41, 5.74) is 0.988. The van der Waals surface area contributed by atoms with Gasteiger partial charge in [0.05, 0.1) is 12.8 Å². The lowest BCUT2D eigenvalue weighted by molar-refractivity contribution is 0.386. The number of hydrogen-bond donors (Lipinski definition) is 1. The van der Waals surface area contributed by atoms with Crippen molar-refractivity contribution in [3.8, 4) is 11.8 Å². The van der Waals surface area contributed by atoms with Crippen LogP contribution in [0.25, 0.3) is 0 Å². The third-order valence-electron chi connectivity index (χ3n) is 2.82. The Morgan fingerprint density at radius 1 is 1.20 bits per heavy atom. The van der Waals surface area contributed by atoms with Gasteiger partial charge in [0.25, 0.3) is 0 Å². The average Bonchev–Trinajstić information content (AvgIpc) is 2.45. The molecule has 3 nitrogen and oxygen atoms in total. The molecule has 20 heavy (non-hydrogen) atoms. The summed E-state index contributed by atoms with van der Waals surface area (Å²) < 4.78 is 31.7. The molecular formula is C15H12F2N2O. The van der Waals surface area contributed by atoms with Gasteiger partial charge in [0.2, 0.25) is 0 Å². The number of rotatable bonds is 4. The van der Waals surface area contributed by atoms with Crippen molar-refractivity contribution in [2.45, 2.75) is 6.54 Å². The van der Waals surface area contributed by atoms with Gasteiger partial charge in [-0.2, -0.15) is 5.26 Å². The maximum absolute atomic E-state index is 13.5. The maximum atomic E-state index is 13.5. The second-order valence-corrected chi connectivity index (χ2v) is 4.10. The second-order valence-electron chi connectivity index (χ2n) is 4.10. The fourth-order valence-corrected chi connectivity index (χ4v) is 1.80. The van der Waals surface area contributed by atoms with Crippen LogP contribution in [0.15, 0.2) is 36.4 Å². The summed E-state index contributed by atoms with van der Waals surface area (Å²) >= 11 is 0. The van der Waals surface area contributed by atoms with E-state index in [9.17, 15) is 8.78 Å². The predicted molar refractivity (Wildman–Crippen MR) is 71.4 cm³/mol. The smallest absolute Gasteiger partial charge is 0.165 e. The van der Waals surface area contributed by atoms with Crippen molar-refractivity contribution in [1.82, 2.24) is 0 Å². The van der Waals surface area contributed by atoms with Crippen molar-refractivity contribution in [3.05, 3.63) is 59.2 Å². The summed E-state index contributed by atoms with van der Waals surface area (Å²) in [6.07, 6.45) is 0. The Labute approximate surface area is 115 Å². The summed E-state index contributed by atoms with van der Waals surface area (Å²) in [6, 6.07) is 10.7. The zero-order valence-electron chi connectivity index (χ0n) is 10.8. The van der Waals surface area contributed by atoms with Crippen LogP contribution in [0, 0.1) is 23.0 Å². The Bertz CT molecular complexity index is 665. The molecule has 0 unspecified atom stereocenters. The Morgan fingerprint density at radius 3 is 2.65 bits per heavy atom. The quantitative estimate of drug-likeness (QED) is 0.928. The lowest BCUT2D eigenvalue weighted by Crippen LogP contribution is -2.03. The standard InChI is InChI=1S/C15H12F2N2O/c1-20-15-6-5-10(7-13(15)17)9-19-14-4-2-3-12(16)11(14)8-18/h2-7,19H,9H2,1H3. The second kappa shape index (κ2) is 6.02. The number of benzene rings is 2. The van der Waals surface area contributed by atoms with Crippen LogP contribution in [-0.2, 0) is 6.54 Å². The zero-order valence-corrected chi connectivity index (χ0v) is 10.8. The van der Waals surface area contributed by atoms with Gasteiger partial charge in [-0.1, -0.05) is 12.1 Å². The van der Waals surface area contributed by atoms with Crippen molar-refractivity contribution in [3.63, 3.8) is 0 Å². The van der Waals surface area contributed by atoms with E-state index in [2.05, 4.69) is 5.32 Å². The van der Waals surface area contributed by atoms with E-state index in [0.717, 1.165) is 0 Å². The Hall–Kier alpha value is -2.61. The highest BCUT2D eigenvalue weighted by Gasteiger charge is 2.08. The minimum atomic E-state index is -0.585. The summed E-state index contributed by atoms with van der Waals surface area (Å²) in [6.45, 7) is 0.277. The van der Waals surface area contributed by atoms with Gasteiger partial charge in [-0.05, 0) is 29.8 Å². The molecule has 0 radical (unpaired) electrons. The van der Waals surface area contributed by atoms with Gasteiger partial charge >= 0.3 is 0 Å². The molecule has 0 atom stereocenters. The van der Waals surface area contributed by atoms with E-state index < -0.39 is 11.6 Å². The van der Waals surface area contributed by atoms with Gasteiger partial charge in [-0.15, -0.1) is 0 Å². The van der Waals surface area contributed by atoms with Gasteiger partial charge in [-0.25, -0.2) is 8.78 Å². The SMILES string of the molecule is COc1ccc(CNc2cccc(F)c2C#N)cc1F. The van der Waals surface area contributed by atoms with E-state index >= 15 is 0 Å². The molecular weight excluding hydrogens is 262 g/mol. The minimum absolute atomic E-state index is 0.0542. The molecule has 0 aliphatic carbocycles. The normalized spacial score (nSPS) is 9.90. The highest BCUT2D eigenvalue weighted by molar-refractivity contribution is 5.58. The predicted octanol–water partition coefficient (Wildman–Crippen LogP) is 3.46. The van der Waals surface area contributed by atoms with Crippen LogP contribution in [0.2, 0.25) is 0 Å². The molecule has 0 aliphatic heterocycles. The molecule has 0 spiro atoms. The molecule has 5 heteroatoms. The Morgan fingerprint density at radius 2 is 2.00 bits per heavy atom. The van der Waals surface area contributed by atoms with E-state index in [4.69, 9.17) is 10.00 Å². The first-order valence-corrected chi connectivity index (χ1v) is 5.90. The van der Waals surface area contributed by atoms with E-state index in [1.807, 2.05) is 0 Å². The van der Waals surface area contributed by atoms with Crippen LogP contribution < -0.4 is 10.1 Å². The first kappa shape index (κ1) is 13.8. The number of halogens is 2. The highest BCUT2D eigenvalue weighted by atomic mass is 19.1. The third-order valence-corrected chi connectivity index (χ3v) is 2.82. The van der Waals surface area contributed by atoms with Crippen LogP contribution >= 0.6 is 0 Å². The first-order chi connectivity index (χ1) is 9.65. The lowest BCUT2D eigenvalue weighted by Gasteiger charge is -2.09. The molecule has 2 aromatic rings. The number of nitriles is 1. The zero-order chi connectivity index (χ0) is 14.5. The van der Waals surface area contributed by atoms with Gasteiger partial charge < -0.3 is 10.1 Å². The molecule has 0 heterocycles. The summed E-state index contributed by atoms with van der Waals surface area (Å²) in [5.74, 6) is -0.887. The first-order valence-electron chi connectivity index (χ1n) is 5.90. The molecule has 0 saturated heterocycles. The van der Waals surface area contributed by atoms with Gasteiger partial charge in [-0.3, -0.25) is 0 Å².